The number of phenols is 1. The summed E-state index contributed by atoms with van der Waals surface area (Å²) in [5.41, 5.74) is 5.50. The fraction of sp³-hybridized carbons (Fsp3) is 0.500. The second-order valence-electron chi connectivity index (χ2n) is 13.1. The van der Waals surface area contributed by atoms with Crippen LogP contribution in [-0.2, 0) is 36.9 Å². The van der Waals surface area contributed by atoms with Gasteiger partial charge < -0.3 is 20.5 Å². The van der Waals surface area contributed by atoms with Crippen molar-refractivity contribution >= 4 is 29.8 Å². The molecule has 0 aliphatic carbocycles. The molecule has 2 aliphatic rings. The summed E-state index contributed by atoms with van der Waals surface area (Å²) in [6, 6.07) is 11.7. The van der Waals surface area contributed by atoms with E-state index in [9.17, 15) is 24.3 Å². The smallest absolute Gasteiger partial charge is 0.325 e. The monoisotopic (exact) mass is 632 g/mol. The number of carbonyl (C=O) groups is 4. The molecule has 10 heteroatoms. The number of carbonyl (C=O) groups excluding carboxylic acids is 4. The van der Waals surface area contributed by atoms with Crippen LogP contribution in [0.5, 0.6) is 5.75 Å². The Morgan fingerprint density at radius 1 is 0.978 bits per heavy atom. The predicted molar refractivity (Wildman–Crippen MR) is 176 cm³/mol. The van der Waals surface area contributed by atoms with Crippen LogP contribution in [0.1, 0.15) is 70.6 Å². The van der Waals surface area contributed by atoms with Crippen molar-refractivity contribution < 1.29 is 29.0 Å². The van der Waals surface area contributed by atoms with E-state index >= 15 is 0 Å². The van der Waals surface area contributed by atoms with Crippen LogP contribution in [-0.4, -0.2) is 58.5 Å². The van der Waals surface area contributed by atoms with E-state index in [1.165, 1.54) is 11.1 Å². The molecule has 2 aromatic rings. The molecule has 3 amide bonds. The summed E-state index contributed by atoms with van der Waals surface area (Å²) in [6.07, 6.45) is 6.03. The minimum Gasteiger partial charge on any atom is -0.508 e. The maximum Gasteiger partial charge on any atom is 0.325 e. The topological polar surface area (TPSA) is 137 Å². The molecule has 0 aromatic heterocycles. The number of nitrogens with one attached hydrogen (secondary N) is 3. The first kappa shape index (κ1) is 34.7. The molecule has 0 unspecified atom stereocenters. The molecule has 2 aliphatic heterocycles. The third kappa shape index (κ3) is 9.19. The summed E-state index contributed by atoms with van der Waals surface area (Å²) >= 11 is 0. The average molecular weight is 633 g/mol. The molecule has 248 valence electrons. The molecular weight excluding hydrogens is 584 g/mol. The van der Waals surface area contributed by atoms with Crippen LogP contribution in [0.4, 0.5) is 0 Å². The quantitative estimate of drug-likeness (QED) is 0.374. The van der Waals surface area contributed by atoms with E-state index in [0.29, 0.717) is 24.9 Å². The Balaban J connectivity index is 1.65. The van der Waals surface area contributed by atoms with Crippen LogP contribution in [0.25, 0.3) is 6.08 Å². The third-order valence-electron chi connectivity index (χ3n) is 9.20. The predicted octanol–water partition coefficient (Wildman–Crippen LogP) is 4.12. The number of amides is 3. The van der Waals surface area contributed by atoms with Crippen molar-refractivity contribution in [2.45, 2.75) is 85.0 Å². The third-order valence-corrected chi connectivity index (χ3v) is 9.20. The van der Waals surface area contributed by atoms with Gasteiger partial charge in [-0.25, -0.2) is 5.43 Å². The Bertz CT molecular complexity index is 1420. The molecule has 10 nitrogen and oxygen atoms in total. The van der Waals surface area contributed by atoms with Crippen LogP contribution in [0.2, 0.25) is 0 Å². The molecule has 2 heterocycles. The molecule has 0 radical (unpaired) electrons. The zero-order chi connectivity index (χ0) is 33.4. The van der Waals surface area contributed by atoms with Gasteiger partial charge in [-0.15, -0.1) is 0 Å². The summed E-state index contributed by atoms with van der Waals surface area (Å²) in [7, 11) is 0. The highest BCUT2D eigenvalue weighted by Gasteiger charge is 2.36. The highest BCUT2D eigenvalue weighted by Crippen LogP contribution is 2.25. The number of phenolic OH excluding ortho intramolecular Hbond substituents is 1. The Morgan fingerprint density at radius 3 is 2.48 bits per heavy atom. The SMILES string of the molecule is CC(C)[C@@H]1NC(=O)[C@H](C)[C@H](C)[C@@H](C)C/C=C/c2cccc(c2)COC(=O)[C@@H]2CCCN(N2)C(=O)[C@H](Cc2cccc(O)c2)NC1=O. The largest absolute Gasteiger partial charge is 0.508 e. The van der Waals surface area contributed by atoms with E-state index in [0.717, 1.165) is 17.5 Å². The number of rotatable bonds is 3. The lowest BCUT2D eigenvalue weighted by Crippen LogP contribution is -2.62. The van der Waals surface area contributed by atoms with Gasteiger partial charge in [0.25, 0.3) is 5.91 Å². The van der Waals surface area contributed by atoms with Crippen molar-refractivity contribution in [3.05, 3.63) is 71.3 Å². The van der Waals surface area contributed by atoms with Gasteiger partial charge in [0, 0.05) is 18.9 Å². The summed E-state index contributed by atoms with van der Waals surface area (Å²) in [4.78, 5) is 54.3. The number of fused-ring (bicyclic) bond motifs is 4. The fourth-order valence-electron chi connectivity index (χ4n) is 5.91. The number of benzene rings is 2. The van der Waals surface area contributed by atoms with E-state index in [2.05, 4.69) is 29.1 Å². The first-order valence-corrected chi connectivity index (χ1v) is 16.3. The number of allylic oxidation sites excluding steroid dienone is 1. The van der Waals surface area contributed by atoms with E-state index in [4.69, 9.17) is 4.74 Å². The lowest BCUT2D eigenvalue weighted by Gasteiger charge is -2.35. The van der Waals surface area contributed by atoms with Gasteiger partial charge >= 0.3 is 5.97 Å². The average Bonchev–Trinajstić information content (AvgIpc) is 3.04. The number of esters is 1. The molecule has 4 bridgehead atoms. The molecular formula is C36H48N4O6. The second kappa shape index (κ2) is 15.9. The lowest BCUT2D eigenvalue weighted by atomic mass is 9.82. The molecule has 0 saturated carbocycles. The normalized spacial score (nSPS) is 27.9. The maximum absolute atomic E-state index is 14.0. The minimum atomic E-state index is -1.03. The van der Waals surface area contributed by atoms with Crippen molar-refractivity contribution in [2.75, 3.05) is 6.54 Å². The Morgan fingerprint density at radius 2 is 1.74 bits per heavy atom. The van der Waals surface area contributed by atoms with E-state index in [-0.39, 0.29) is 48.4 Å². The van der Waals surface area contributed by atoms with Crippen molar-refractivity contribution in [3.63, 3.8) is 0 Å². The number of hydrogen-bond acceptors (Lipinski definition) is 7. The van der Waals surface area contributed by atoms with Crippen molar-refractivity contribution in [3.8, 4) is 5.75 Å². The van der Waals surface area contributed by atoms with Gasteiger partial charge in [-0.1, -0.05) is 77.1 Å². The maximum atomic E-state index is 14.0. The molecule has 4 N–H and O–H groups in total. The zero-order valence-electron chi connectivity index (χ0n) is 27.5. The first-order chi connectivity index (χ1) is 21.9. The molecule has 2 aromatic carbocycles. The van der Waals surface area contributed by atoms with Crippen LogP contribution >= 0.6 is 0 Å². The number of nitrogens with zero attached hydrogens (tertiary/aromatic N) is 1. The molecule has 0 spiro atoms. The Hall–Kier alpha value is -4.18. The first-order valence-electron chi connectivity index (χ1n) is 16.3. The van der Waals surface area contributed by atoms with E-state index < -0.39 is 35.9 Å². The van der Waals surface area contributed by atoms with Gasteiger partial charge in [0.05, 0.1) is 0 Å². The van der Waals surface area contributed by atoms with Crippen molar-refractivity contribution in [1.82, 2.24) is 21.1 Å². The van der Waals surface area contributed by atoms with E-state index in [1.54, 1.807) is 18.2 Å². The van der Waals surface area contributed by atoms with Crippen LogP contribution in [0.15, 0.2) is 54.6 Å². The van der Waals surface area contributed by atoms with Gasteiger partial charge in [-0.2, -0.15) is 0 Å². The fourth-order valence-corrected chi connectivity index (χ4v) is 5.91. The molecule has 1 fully saturated rings. The second-order valence-corrected chi connectivity index (χ2v) is 13.1. The number of ether oxygens (including phenoxy) is 1. The van der Waals surface area contributed by atoms with Crippen LogP contribution in [0.3, 0.4) is 0 Å². The number of hydrogen-bond donors (Lipinski definition) is 4. The van der Waals surface area contributed by atoms with Gasteiger partial charge in [-0.3, -0.25) is 24.2 Å². The number of aromatic hydroxyl groups is 1. The van der Waals surface area contributed by atoms with Gasteiger partial charge in [0.2, 0.25) is 11.8 Å². The zero-order valence-corrected chi connectivity index (χ0v) is 27.5. The van der Waals surface area contributed by atoms with Crippen molar-refractivity contribution in [2.24, 2.45) is 23.7 Å². The Kier molecular flexibility index (Phi) is 12.0. The van der Waals surface area contributed by atoms with E-state index in [1.807, 2.05) is 58.0 Å². The Labute approximate surface area is 271 Å². The summed E-state index contributed by atoms with van der Waals surface area (Å²) in [6.45, 7) is 10.2. The summed E-state index contributed by atoms with van der Waals surface area (Å²) in [5.74, 6) is -1.94. The molecule has 1 saturated heterocycles. The molecule has 4 rings (SSSR count). The molecule has 46 heavy (non-hydrogen) atoms. The summed E-state index contributed by atoms with van der Waals surface area (Å²) in [5, 5.41) is 17.3. The van der Waals surface area contributed by atoms with Crippen molar-refractivity contribution in [1.29, 1.82) is 0 Å². The van der Waals surface area contributed by atoms with Gasteiger partial charge in [0.15, 0.2) is 0 Å². The highest BCUT2D eigenvalue weighted by atomic mass is 16.5. The number of cyclic esters (lactones) is 1. The summed E-state index contributed by atoms with van der Waals surface area (Å²) < 4.78 is 5.66. The van der Waals surface area contributed by atoms with Crippen LogP contribution < -0.4 is 16.1 Å². The lowest BCUT2D eigenvalue weighted by molar-refractivity contribution is -0.154. The van der Waals surface area contributed by atoms with Crippen LogP contribution in [0, 0.1) is 23.7 Å². The minimum absolute atomic E-state index is 0.0299. The standard InChI is InChI=1S/C36H48N4O6/c1-22(2)32-34(43)37-31(20-27-13-8-15-29(41)19-27)35(44)40-17-9-16-30(39-40)36(45)46-21-28-14-7-12-26(18-28)11-6-10-23(3)24(4)25(5)33(42)38-32/h6-8,11-15,18-19,22-25,30-32,39,41H,9-10,16-17,20-21H2,1-5H3,(H,37,43)(H,38,42)/b11-6+/t23-,24+,25+,30-,31-,32-/m0/s1. The van der Waals surface area contributed by atoms with Gasteiger partial charge in [-0.05, 0) is 71.9 Å². The van der Waals surface area contributed by atoms with Gasteiger partial charge in [0.1, 0.15) is 30.5 Å². The number of hydrazine groups is 1. The highest BCUT2D eigenvalue weighted by molar-refractivity contribution is 5.93. The molecule has 6 atom stereocenters.